The molecule has 3 rings (SSSR count). The molecule has 3 heterocycles. The first kappa shape index (κ1) is 14.8. The molecule has 4 nitrogen and oxygen atoms in total. The fourth-order valence-corrected chi connectivity index (χ4v) is 2.73. The molecule has 2 aliphatic heterocycles. The third-order valence-corrected chi connectivity index (χ3v) is 3.62. The quantitative estimate of drug-likeness (QED) is 0.841. The molecule has 0 amide bonds. The summed E-state index contributed by atoms with van der Waals surface area (Å²) in [7, 11) is 2.42. The van der Waals surface area contributed by atoms with Gasteiger partial charge in [-0.1, -0.05) is 6.66 Å². The molecule has 0 aliphatic carbocycles. The maximum Gasteiger partial charge on any atom is 0.257 e. The molecule has 0 radical (unpaired) electrons. The van der Waals surface area contributed by atoms with Gasteiger partial charge in [0.1, 0.15) is 6.54 Å². The Labute approximate surface area is 114 Å². The Balaban J connectivity index is 0.000000637. The van der Waals surface area contributed by atoms with Gasteiger partial charge in [-0.3, -0.25) is 9.58 Å². The van der Waals surface area contributed by atoms with E-state index < -0.39 is 6.43 Å². The van der Waals surface area contributed by atoms with E-state index in [9.17, 15) is 8.78 Å². The summed E-state index contributed by atoms with van der Waals surface area (Å²) in [5, 5.41) is 7.21. The molecule has 19 heavy (non-hydrogen) atoms. The van der Waals surface area contributed by atoms with Crippen LogP contribution in [0.25, 0.3) is 0 Å². The van der Waals surface area contributed by atoms with Gasteiger partial charge >= 0.3 is 0 Å². The predicted octanol–water partition coefficient (Wildman–Crippen LogP) is 1.04. The average molecular weight is 290 g/mol. The lowest BCUT2D eigenvalue weighted by Gasteiger charge is -2.56. The van der Waals surface area contributed by atoms with Crippen LogP contribution in [0.2, 0.25) is 0 Å². The molecule has 1 spiro atoms. The normalized spacial score (nSPS) is 20.7. The van der Waals surface area contributed by atoms with E-state index in [0.29, 0.717) is 5.41 Å². The largest absolute Gasteiger partial charge is 0.315 e. The van der Waals surface area contributed by atoms with Crippen LogP contribution in [0.15, 0.2) is 12.3 Å². The Hall–Kier alpha value is -0.580. The van der Waals surface area contributed by atoms with Crippen molar-refractivity contribution in [3.05, 3.63) is 18.0 Å². The number of hydrogen-bond donors (Lipinski definition) is 1. The number of aromatic nitrogens is 2. The molecular formula is C12H21F2N4P. The molecule has 1 aromatic heterocycles. The van der Waals surface area contributed by atoms with Crippen LogP contribution in [0.4, 0.5) is 8.78 Å². The number of likely N-dealkylation sites (tertiary alicyclic amines) is 1. The molecule has 7 heteroatoms. The molecular weight excluding hydrogens is 269 g/mol. The van der Waals surface area contributed by atoms with Crippen LogP contribution in [0.5, 0.6) is 0 Å². The highest BCUT2D eigenvalue weighted by molar-refractivity contribution is 7.15. The van der Waals surface area contributed by atoms with E-state index in [0.717, 1.165) is 38.4 Å². The number of rotatable bonds is 4. The Morgan fingerprint density at radius 1 is 1.42 bits per heavy atom. The number of halogens is 2. The smallest absolute Gasteiger partial charge is 0.257 e. The summed E-state index contributed by atoms with van der Waals surface area (Å²) in [6, 6.07) is 1.83. The van der Waals surface area contributed by atoms with Crippen LogP contribution in [0, 0.1) is 5.41 Å². The van der Waals surface area contributed by atoms with Crippen LogP contribution >= 0.6 is 9.24 Å². The highest BCUT2D eigenvalue weighted by atomic mass is 31.0. The molecule has 2 fully saturated rings. The van der Waals surface area contributed by atoms with Gasteiger partial charge in [0, 0.05) is 44.3 Å². The van der Waals surface area contributed by atoms with Gasteiger partial charge in [-0.05, 0) is 6.07 Å². The predicted molar refractivity (Wildman–Crippen MR) is 74.4 cm³/mol. The highest BCUT2D eigenvalue weighted by Crippen LogP contribution is 2.34. The zero-order chi connectivity index (χ0) is 13.9. The third kappa shape index (κ3) is 3.30. The lowest BCUT2D eigenvalue weighted by Crippen LogP contribution is -2.70. The summed E-state index contributed by atoms with van der Waals surface area (Å²) in [6.45, 7) is 6.68. The van der Waals surface area contributed by atoms with Gasteiger partial charge in [0.05, 0.1) is 5.69 Å². The maximum atomic E-state index is 12.3. The van der Waals surface area contributed by atoms with Crippen LogP contribution in [-0.4, -0.2) is 53.9 Å². The van der Waals surface area contributed by atoms with Crippen molar-refractivity contribution in [2.75, 3.05) is 32.8 Å². The second-order valence-electron chi connectivity index (χ2n) is 5.14. The number of alkyl halides is 2. The van der Waals surface area contributed by atoms with E-state index >= 15 is 0 Å². The number of nitrogens with one attached hydrogen (secondary N) is 1. The second kappa shape index (κ2) is 6.25. The lowest BCUT2D eigenvalue weighted by atomic mass is 9.74. The van der Waals surface area contributed by atoms with E-state index in [1.165, 1.54) is 4.68 Å². The molecule has 2 aliphatic rings. The van der Waals surface area contributed by atoms with E-state index in [2.05, 4.69) is 24.6 Å². The number of nitrogens with zero attached hydrogens (tertiary/aromatic N) is 3. The summed E-state index contributed by atoms with van der Waals surface area (Å²) >= 11 is 0. The van der Waals surface area contributed by atoms with E-state index in [1.807, 2.05) is 12.7 Å². The van der Waals surface area contributed by atoms with Crippen molar-refractivity contribution in [2.45, 2.75) is 19.5 Å². The van der Waals surface area contributed by atoms with Crippen molar-refractivity contribution in [1.29, 1.82) is 0 Å². The van der Waals surface area contributed by atoms with Gasteiger partial charge in [-0.25, -0.2) is 8.78 Å². The van der Waals surface area contributed by atoms with Gasteiger partial charge < -0.3 is 5.32 Å². The standard InChI is InChI=1S/C11H16F2N4.CH5P/c12-10(13)4-17-9(1-2-15-17)3-16-7-11(8-16)5-14-6-11;1-2/h1-2,10,14H,3-8H2;2H2,1H3. The minimum atomic E-state index is -2.34. The van der Waals surface area contributed by atoms with Gasteiger partial charge in [-0.2, -0.15) is 5.10 Å². The first-order valence-electron chi connectivity index (χ1n) is 6.47. The minimum absolute atomic E-state index is 0.303. The summed E-state index contributed by atoms with van der Waals surface area (Å²) in [5.74, 6) is 0. The monoisotopic (exact) mass is 290 g/mol. The van der Waals surface area contributed by atoms with Crippen LogP contribution in [0.3, 0.4) is 0 Å². The highest BCUT2D eigenvalue weighted by Gasteiger charge is 2.47. The molecule has 1 aromatic rings. The fourth-order valence-electron chi connectivity index (χ4n) is 2.73. The molecule has 1 unspecified atom stereocenters. The van der Waals surface area contributed by atoms with Crippen LogP contribution < -0.4 is 5.32 Å². The zero-order valence-corrected chi connectivity index (χ0v) is 12.3. The van der Waals surface area contributed by atoms with E-state index in [1.54, 1.807) is 6.20 Å². The lowest BCUT2D eigenvalue weighted by molar-refractivity contribution is -0.0460. The van der Waals surface area contributed by atoms with Crippen molar-refractivity contribution < 1.29 is 8.78 Å². The first-order chi connectivity index (χ1) is 9.17. The van der Waals surface area contributed by atoms with E-state index in [4.69, 9.17) is 0 Å². The summed E-state index contributed by atoms with van der Waals surface area (Å²) in [4.78, 5) is 2.29. The molecule has 0 bridgehead atoms. The molecule has 2 saturated heterocycles. The molecule has 1 N–H and O–H groups in total. The van der Waals surface area contributed by atoms with Gasteiger partial charge in [0.25, 0.3) is 6.43 Å². The second-order valence-corrected chi connectivity index (χ2v) is 5.14. The first-order valence-corrected chi connectivity index (χ1v) is 7.62. The fraction of sp³-hybridized carbons (Fsp3) is 0.750. The molecule has 108 valence electrons. The topological polar surface area (TPSA) is 33.1 Å². The summed E-state index contributed by atoms with van der Waals surface area (Å²) in [5.41, 5.74) is 1.36. The Bertz CT molecular complexity index is 398. The van der Waals surface area contributed by atoms with Crippen molar-refractivity contribution in [3.8, 4) is 0 Å². The average Bonchev–Trinajstić information content (AvgIpc) is 2.69. The van der Waals surface area contributed by atoms with Crippen LogP contribution in [0.1, 0.15) is 5.69 Å². The molecule has 0 saturated carbocycles. The van der Waals surface area contributed by atoms with Gasteiger partial charge in [0.15, 0.2) is 0 Å². The minimum Gasteiger partial charge on any atom is -0.315 e. The summed E-state index contributed by atoms with van der Waals surface area (Å²) in [6.07, 6.45) is -0.745. The Morgan fingerprint density at radius 2 is 2.11 bits per heavy atom. The zero-order valence-electron chi connectivity index (χ0n) is 11.1. The third-order valence-electron chi connectivity index (χ3n) is 3.62. The molecule has 0 aromatic carbocycles. The van der Waals surface area contributed by atoms with Crippen molar-refractivity contribution in [2.24, 2.45) is 5.41 Å². The van der Waals surface area contributed by atoms with Crippen molar-refractivity contribution in [1.82, 2.24) is 20.0 Å². The summed E-state index contributed by atoms with van der Waals surface area (Å²) < 4.78 is 26.0. The van der Waals surface area contributed by atoms with Crippen molar-refractivity contribution in [3.63, 3.8) is 0 Å². The van der Waals surface area contributed by atoms with Crippen molar-refractivity contribution >= 4 is 9.24 Å². The van der Waals surface area contributed by atoms with Crippen LogP contribution in [-0.2, 0) is 13.1 Å². The molecule has 1 atom stereocenters. The van der Waals surface area contributed by atoms with Gasteiger partial charge in [-0.15, -0.1) is 9.24 Å². The van der Waals surface area contributed by atoms with Gasteiger partial charge in [0.2, 0.25) is 0 Å². The SMILES string of the molecule is CP.FC(F)Cn1nccc1CN1CC2(CNC2)C1. The Kier molecular flexibility index (Phi) is 4.87. The maximum absolute atomic E-state index is 12.3. The van der Waals surface area contributed by atoms with E-state index in [-0.39, 0.29) is 6.54 Å². The Morgan fingerprint density at radius 3 is 2.63 bits per heavy atom. The number of hydrogen-bond acceptors (Lipinski definition) is 3.